The SMILES string of the molecule is [C-]#[N+]c1c(N2CCOCC2)sc(C(=O)O)c1Cc1ccc2c(F)cccc2c1. The van der Waals surface area contributed by atoms with Gasteiger partial charge in [-0.1, -0.05) is 30.3 Å². The molecule has 2 heterocycles. The Bertz CT molecular complexity index is 1100. The normalized spacial score (nSPS) is 14.2. The predicted octanol–water partition coefficient (Wildman–Crippen LogP) is 4.72. The average molecular weight is 396 g/mol. The van der Waals surface area contributed by atoms with Crippen molar-refractivity contribution < 1.29 is 19.0 Å². The fourth-order valence-corrected chi connectivity index (χ4v) is 4.63. The van der Waals surface area contributed by atoms with Crippen molar-refractivity contribution in [2.24, 2.45) is 0 Å². The van der Waals surface area contributed by atoms with Crippen LogP contribution in [0.15, 0.2) is 36.4 Å². The van der Waals surface area contributed by atoms with Crippen molar-refractivity contribution >= 4 is 38.8 Å². The number of aromatic carboxylic acids is 1. The Hall–Kier alpha value is -2.95. The number of nitrogens with zero attached hydrogens (tertiary/aromatic N) is 2. The number of anilines is 1. The highest BCUT2D eigenvalue weighted by molar-refractivity contribution is 7.18. The molecule has 1 N–H and O–H groups in total. The van der Waals surface area contributed by atoms with Crippen molar-refractivity contribution in [3.8, 4) is 0 Å². The molecule has 28 heavy (non-hydrogen) atoms. The highest BCUT2D eigenvalue weighted by atomic mass is 32.1. The van der Waals surface area contributed by atoms with Crippen LogP contribution in [0.1, 0.15) is 20.8 Å². The second kappa shape index (κ2) is 7.58. The van der Waals surface area contributed by atoms with E-state index in [1.54, 1.807) is 18.2 Å². The Morgan fingerprint density at radius 2 is 2.07 bits per heavy atom. The van der Waals surface area contributed by atoms with Gasteiger partial charge in [0, 0.05) is 18.5 Å². The number of ether oxygens (including phenoxy) is 1. The summed E-state index contributed by atoms with van der Waals surface area (Å²) in [4.78, 5) is 17.7. The summed E-state index contributed by atoms with van der Waals surface area (Å²) in [5.41, 5.74) is 1.75. The minimum atomic E-state index is -1.03. The van der Waals surface area contributed by atoms with Crippen LogP contribution in [0.4, 0.5) is 15.1 Å². The third-order valence-corrected chi connectivity index (χ3v) is 6.11. The van der Waals surface area contributed by atoms with E-state index in [4.69, 9.17) is 11.3 Å². The monoisotopic (exact) mass is 396 g/mol. The maximum atomic E-state index is 13.9. The summed E-state index contributed by atoms with van der Waals surface area (Å²) in [5.74, 6) is -1.32. The maximum Gasteiger partial charge on any atom is 0.344 e. The van der Waals surface area contributed by atoms with E-state index in [-0.39, 0.29) is 10.7 Å². The summed E-state index contributed by atoms with van der Waals surface area (Å²) < 4.78 is 19.3. The number of carboxylic acid groups (broad SMARTS) is 1. The minimum absolute atomic E-state index is 0.187. The van der Waals surface area contributed by atoms with Crippen LogP contribution in [-0.4, -0.2) is 37.4 Å². The molecule has 2 aromatic carbocycles. The van der Waals surface area contributed by atoms with E-state index in [0.717, 1.165) is 22.3 Å². The molecule has 0 saturated carbocycles. The van der Waals surface area contributed by atoms with Crippen LogP contribution in [0.3, 0.4) is 0 Å². The molecule has 1 saturated heterocycles. The maximum absolute atomic E-state index is 13.9. The van der Waals surface area contributed by atoms with Crippen molar-refractivity contribution in [2.75, 3.05) is 31.2 Å². The molecule has 0 bridgehead atoms. The molecule has 5 nitrogen and oxygen atoms in total. The number of halogens is 1. The van der Waals surface area contributed by atoms with Crippen LogP contribution < -0.4 is 4.90 Å². The van der Waals surface area contributed by atoms with Gasteiger partial charge in [-0.3, -0.25) is 0 Å². The van der Waals surface area contributed by atoms with Gasteiger partial charge in [0.2, 0.25) is 5.69 Å². The van der Waals surface area contributed by atoms with Crippen molar-refractivity contribution in [1.29, 1.82) is 0 Å². The number of morpholine rings is 1. The summed E-state index contributed by atoms with van der Waals surface area (Å²) in [6.07, 6.45) is 0.312. The summed E-state index contributed by atoms with van der Waals surface area (Å²) >= 11 is 1.15. The first-order chi connectivity index (χ1) is 13.6. The van der Waals surface area contributed by atoms with Crippen LogP contribution in [0.2, 0.25) is 0 Å². The summed E-state index contributed by atoms with van der Waals surface area (Å²) in [5, 5.41) is 11.7. The molecule has 0 atom stereocenters. The molecule has 0 radical (unpaired) electrons. The number of fused-ring (bicyclic) bond motifs is 1. The molecule has 1 aliphatic rings. The summed E-state index contributed by atoms with van der Waals surface area (Å²) in [7, 11) is 0. The molecule has 0 amide bonds. The number of hydrogen-bond donors (Lipinski definition) is 1. The van der Waals surface area contributed by atoms with E-state index < -0.39 is 5.97 Å². The lowest BCUT2D eigenvalue weighted by Crippen LogP contribution is -2.35. The van der Waals surface area contributed by atoms with Gasteiger partial charge >= 0.3 is 5.97 Å². The first kappa shape index (κ1) is 18.4. The third-order valence-electron chi connectivity index (χ3n) is 4.84. The molecule has 7 heteroatoms. The number of carboxylic acids is 1. The quantitative estimate of drug-likeness (QED) is 0.649. The lowest BCUT2D eigenvalue weighted by Gasteiger charge is -2.28. The summed E-state index contributed by atoms with van der Waals surface area (Å²) in [6, 6.07) is 10.2. The Morgan fingerprint density at radius 3 is 2.79 bits per heavy atom. The first-order valence-electron chi connectivity index (χ1n) is 8.84. The van der Waals surface area contributed by atoms with Crippen LogP contribution in [0.25, 0.3) is 15.6 Å². The van der Waals surface area contributed by atoms with Gasteiger partial charge in [-0.05, 0) is 29.0 Å². The minimum Gasteiger partial charge on any atom is -0.477 e. The van der Waals surface area contributed by atoms with E-state index in [2.05, 4.69) is 4.85 Å². The van der Waals surface area contributed by atoms with E-state index in [1.165, 1.54) is 6.07 Å². The van der Waals surface area contributed by atoms with Crippen LogP contribution in [-0.2, 0) is 11.2 Å². The van der Waals surface area contributed by atoms with E-state index in [0.29, 0.717) is 54.4 Å². The molecule has 142 valence electrons. The molecule has 0 spiro atoms. The van der Waals surface area contributed by atoms with Gasteiger partial charge in [0.25, 0.3) is 0 Å². The highest BCUT2D eigenvalue weighted by Gasteiger charge is 2.27. The van der Waals surface area contributed by atoms with Gasteiger partial charge < -0.3 is 14.7 Å². The van der Waals surface area contributed by atoms with Crippen molar-refractivity contribution in [3.05, 3.63) is 69.6 Å². The van der Waals surface area contributed by atoms with Gasteiger partial charge in [-0.15, -0.1) is 11.3 Å². The number of thiophene rings is 1. The second-order valence-corrected chi connectivity index (χ2v) is 7.55. The average Bonchev–Trinajstić information content (AvgIpc) is 3.07. The molecule has 3 aromatic rings. The molecule has 4 rings (SSSR count). The first-order valence-corrected chi connectivity index (χ1v) is 9.66. The topological polar surface area (TPSA) is 54.1 Å². The fourth-order valence-electron chi connectivity index (χ4n) is 3.48. The number of benzene rings is 2. The molecule has 0 unspecified atom stereocenters. The van der Waals surface area contributed by atoms with Crippen molar-refractivity contribution in [2.45, 2.75) is 6.42 Å². The lowest BCUT2D eigenvalue weighted by atomic mass is 10.00. The zero-order chi connectivity index (χ0) is 19.7. The Balaban J connectivity index is 1.77. The van der Waals surface area contributed by atoms with Crippen LogP contribution in [0.5, 0.6) is 0 Å². The zero-order valence-corrected chi connectivity index (χ0v) is 15.8. The van der Waals surface area contributed by atoms with Gasteiger partial charge in [-0.2, -0.15) is 0 Å². The van der Waals surface area contributed by atoms with E-state index in [9.17, 15) is 14.3 Å². The van der Waals surface area contributed by atoms with Gasteiger partial charge in [0.15, 0.2) is 0 Å². The second-order valence-electron chi connectivity index (χ2n) is 6.55. The standard InChI is InChI=1S/C21H17FN2O3S/c1-23-18-16(12-13-5-6-15-14(11-13)3-2-4-17(15)22)19(21(25)26)28-20(18)24-7-9-27-10-8-24/h2-6,11H,7-10,12H2,(H,25,26). The molecule has 1 fully saturated rings. The molecular formula is C21H17FN2O3S. The van der Waals surface area contributed by atoms with E-state index >= 15 is 0 Å². The zero-order valence-electron chi connectivity index (χ0n) is 14.9. The summed E-state index contributed by atoms with van der Waals surface area (Å²) in [6.45, 7) is 10.0. The lowest BCUT2D eigenvalue weighted by molar-refractivity contribution is 0.0701. The van der Waals surface area contributed by atoms with Gasteiger partial charge in [0.1, 0.15) is 10.7 Å². The third kappa shape index (κ3) is 3.33. The number of carbonyl (C=O) groups is 1. The smallest absolute Gasteiger partial charge is 0.344 e. The Labute approximate surface area is 165 Å². The van der Waals surface area contributed by atoms with Crippen LogP contribution >= 0.6 is 11.3 Å². The molecule has 0 aliphatic carbocycles. The van der Waals surface area contributed by atoms with Crippen molar-refractivity contribution in [1.82, 2.24) is 0 Å². The predicted molar refractivity (Wildman–Crippen MR) is 107 cm³/mol. The van der Waals surface area contributed by atoms with E-state index in [1.807, 2.05) is 17.0 Å². The van der Waals surface area contributed by atoms with Gasteiger partial charge in [-0.25, -0.2) is 14.0 Å². The fraction of sp³-hybridized carbons (Fsp3) is 0.238. The van der Waals surface area contributed by atoms with Crippen molar-refractivity contribution in [3.63, 3.8) is 0 Å². The molecular weight excluding hydrogens is 379 g/mol. The highest BCUT2D eigenvalue weighted by Crippen LogP contribution is 2.44. The molecule has 1 aliphatic heterocycles. The number of hydrogen-bond acceptors (Lipinski definition) is 4. The van der Waals surface area contributed by atoms with Gasteiger partial charge in [0.05, 0.1) is 24.8 Å². The Kier molecular flexibility index (Phi) is 4.99. The Morgan fingerprint density at radius 1 is 1.29 bits per heavy atom. The van der Waals surface area contributed by atoms with Crippen LogP contribution in [0, 0.1) is 12.4 Å². The number of rotatable bonds is 4. The largest absolute Gasteiger partial charge is 0.477 e. The molecule has 1 aromatic heterocycles.